The topological polar surface area (TPSA) is 37.8 Å². The van der Waals surface area contributed by atoms with Crippen molar-refractivity contribution >= 4 is 27.2 Å². The van der Waals surface area contributed by atoms with E-state index < -0.39 is 0 Å². The average Bonchev–Trinajstić information content (AvgIpc) is 3.23. The molecular weight excluding hydrogens is 266 g/mol. The summed E-state index contributed by atoms with van der Waals surface area (Å²) >= 11 is 1.77. The Kier molecular flexibility index (Phi) is 2.70. The van der Waals surface area contributed by atoms with E-state index in [2.05, 4.69) is 39.9 Å². The summed E-state index contributed by atoms with van der Waals surface area (Å²) in [7, 11) is 1.91. The molecule has 2 heterocycles. The minimum Gasteiger partial charge on any atom is -0.373 e. The fourth-order valence-electron chi connectivity index (χ4n) is 2.45. The largest absolute Gasteiger partial charge is 0.373 e. The second-order valence-corrected chi connectivity index (χ2v) is 6.08. The van der Waals surface area contributed by atoms with Crippen LogP contribution in [-0.2, 0) is 0 Å². The summed E-state index contributed by atoms with van der Waals surface area (Å²) in [6, 6.07) is 10.6. The molecule has 100 valence electrons. The van der Waals surface area contributed by atoms with Gasteiger partial charge in [-0.25, -0.2) is 9.97 Å². The fourth-order valence-corrected chi connectivity index (χ4v) is 3.37. The Morgan fingerprint density at radius 1 is 1.20 bits per heavy atom. The van der Waals surface area contributed by atoms with Crippen LogP contribution in [0, 0.1) is 0 Å². The van der Waals surface area contributed by atoms with Crippen LogP contribution >= 0.6 is 11.3 Å². The normalized spacial score (nSPS) is 14.7. The van der Waals surface area contributed by atoms with Crippen molar-refractivity contribution in [2.24, 2.45) is 0 Å². The van der Waals surface area contributed by atoms with Crippen molar-refractivity contribution in [3.05, 3.63) is 41.5 Å². The summed E-state index contributed by atoms with van der Waals surface area (Å²) in [5, 5.41) is 6.57. The summed E-state index contributed by atoms with van der Waals surface area (Å²) in [6.45, 7) is 0. The van der Waals surface area contributed by atoms with Crippen molar-refractivity contribution in [3.63, 3.8) is 0 Å². The molecule has 1 aliphatic carbocycles. The van der Waals surface area contributed by atoms with Gasteiger partial charge in [0.05, 0.1) is 5.69 Å². The Hall–Kier alpha value is -1.94. The molecule has 3 aromatic rings. The monoisotopic (exact) mass is 281 g/mol. The maximum atomic E-state index is 4.80. The van der Waals surface area contributed by atoms with Gasteiger partial charge in [0.25, 0.3) is 0 Å². The van der Waals surface area contributed by atoms with Crippen LogP contribution in [0.1, 0.15) is 24.6 Å². The van der Waals surface area contributed by atoms with Gasteiger partial charge in [0.1, 0.15) is 11.6 Å². The number of anilines is 1. The molecule has 2 aromatic heterocycles. The quantitative estimate of drug-likeness (QED) is 0.778. The number of hydrogen-bond acceptors (Lipinski definition) is 4. The number of benzene rings is 1. The molecule has 1 fully saturated rings. The molecule has 0 saturated heterocycles. The van der Waals surface area contributed by atoms with E-state index >= 15 is 0 Å². The van der Waals surface area contributed by atoms with Gasteiger partial charge < -0.3 is 5.32 Å². The number of hydrogen-bond donors (Lipinski definition) is 1. The molecule has 1 saturated carbocycles. The van der Waals surface area contributed by atoms with Crippen molar-refractivity contribution in [3.8, 4) is 11.3 Å². The van der Waals surface area contributed by atoms with E-state index in [1.54, 1.807) is 11.3 Å². The molecule has 0 radical (unpaired) electrons. The average molecular weight is 281 g/mol. The van der Waals surface area contributed by atoms with Gasteiger partial charge in [-0.15, -0.1) is 11.3 Å². The molecule has 1 N–H and O–H groups in total. The molecule has 0 unspecified atom stereocenters. The molecule has 0 bridgehead atoms. The predicted molar refractivity (Wildman–Crippen MR) is 84.4 cm³/mol. The molecule has 4 rings (SSSR count). The highest BCUT2D eigenvalue weighted by atomic mass is 32.1. The van der Waals surface area contributed by atoms with Crippen LogP contribution in [0.5, 0.6) is 0 Å². The minimum atomic E-state index is 0.560. The molecule has 0 amide bonds. The first-order valence-electron chi connectivity index (χ1n) is 6.88. The third-order valence-corrected chi connectivity index (χ3v) is 4.66. The first-order chi connectivity index (χ1) is 9.85. The van der Waals surface area contributed by atoms with Gasteiger partial charge in [-0.1, -0.05) is 18.2 Å². The van der Waals surface area contributed by atoms with E-state index in [9.17, 15) is 0 Å². The summed E-state index contributed by atoms with van der Waals surface area (Å²) in [5.74, 6) is 2.45. The number of fused-ring (bicyclic) bond motifs is 1. The lowest BCUT2D eigenvalue weighted by Gasteiger charge is -2.08. The highest BCUT2D eigenvalue weighted by Crippen LogP contribution is 2.40. The third kappa shape index (κ3) is 1.96. The highest BCUT2D eigenvalue weighted by Gasteiger charge is 2.27. The van der Waals surface area contributed by atoms with Crippen LogP contribution in [-0.4, -0.2) is 17.0 Å². The van der Waals surface area contributed by atoms with Gasteiger partial charge in [-0.3, -0.25) is 0 Å². The van der Waals surface area contributed by atoms with Crippen molar-refractivity contribution in [2.45, 2.75) is 18.8 Å². The zero-order valence-corrected chi connectivity index (χ0v) is 12.1. The fraction of sp³-hybridized carbons (Fsp3) is 0.250. The molecule has 0 aliphatic heterocycles. The number of thiophene rings is 1. The second-order valence-electron chi connectivity index (χ2n) is 5.17. The predicted octanol–water partition coefficient (Wildman–Crippen LogP) is 4.28. The molecule has 4 heteroatoms. The second kappa shape index (κ2) is 4.56. The van der Waals surface area contributed by atoms with E-state index in [1.165, 1.54) is 28.5 Å². The van der Waals surface area contributed by atoms with E-state index in [4.69, 9.17) is 4.98 Å². The standard InChI is InChI=1S/C16H15N3S/c1-17-14-9-13(18-16(19-14)11-5-6-11)12-4-2-3-10-7-8-20-15(10)12/h2-4,7-9,11H,5-6H2,1H3,(H,17,18,19). The van der Waals surface area contributed by atoms with E-state index in [0.29, 0.717) is 5.92 Å². The molecule has 1 aliphatic rings. The lowest BCUT2D eigenvalue weighted by atomic mass is 10.1. The first-order valence-corrected chi connectivity index (χ1v) is 7.76. The van der Waals surface area contributed by atoms with Gasteiger partial charge in [-0.05, 0) is 29.7 Å². The number of rotatable bonds is 3. The number of nitrogens with zero attached hydrogens (tertiary/aromatic N) is 2. The van der Waals surface area contributed by atoms with E-state index in [0.717, 1.165) is 17.3 Å². The van der Waals surface area contributed by atoms with E-state index in [-0.39, 0.29) is 0 Å². The summed E-state index contributed by atoms with van der Waals surface area (Å²) in [4.78, 5) is 9.39. The lowest BCUT2D eigenvalue weighted by Crippen LogP contribution is -2.00. The molecule has 0 atom stereocenters. The molecular formula is C16H15N3S. The molecule has 3 nitrogen and oxygen atoms in total. The smallest absolute Gasteiger partial charge is 0.134 e. The lowest BCUT2D eigenvalue weighted by molar-refractivity contribution is 0.933. The van der Waals surface area contributed by atoms with Crippen molar-refractivity contribution in [2.75, 3.05) is 12.4 Å². The van der Waals surface area contributed by atoms with Crippen LogP contribution in [0.3, 0.4) is 0 Å². The van der Waals surface area contributed by atoms with Crippen LogP contribution in [0.2, 0.25) is 0 Å². The third-order valence-electron chi connectivity index (χ3n) is 3.70. The zero-order valence-electron chi connectivity index (χ0n) is 11.3. The Balaban J connectivity index is 1.92. The highest BCUT2D eigenvalue weighted by molar-refractivity contribution is 7.17. The van der Waals surface area contributed by atoms with Gasteiger partial charge in [0, 0.05) is 29.3 Å². The Morgan fingerprint density at radius 2 is 2.10 bits per heavy atom. The van der Waals surface area contributed by atoms with Crippen LogP contribution in [0.15, 0.2) is 35.7 Å². The zero-order chi connectivity index (χ0) is 13.5. The Morgan fingerprint density at radius 3 is 2.90 bits per heavy atom. The summed E-state index contributed by atoms with van der Waals surface area (Å²) in [6.07, 6.45) is 2.44. The molecule has 20 heavy (non-hydrogen) atoms. The maximum Gasteiger partial charge on any atom is 0.134 e. The minimum absolute atomic E-state index is 0.560. The number of aromatic nitrogens is 2. The summed E-state index contributed by atoms with van der Waals surface area (Å²) < 4.78 is 1.30. The van der Waals surface area contributed by atoms with E-state index in [1.807, 2.05) is 13.1 Å². The Labute approximate surface area is 121 Å². The van der Waals surface area contributed by atoms with Gasteiger partial charge >= 0.3 is 0 Å². The first kappa shape index (κ1) is 11.9. The van der Waals surface area contributed by atoms with Crippen LogP contribution in [0.4, 0.5) is 5.82 Å². The Bertz CT molecular complexity index is 774. The number of nitrogens with one attached hydrogen (secondary N) is 1. The van der Waals surface area contributed by atoms with Crippen molar-refractivity contribution < 1.29 is 0 Å². The SMILES string of the molecule is CNc1cc(-c2cccc3ccsc23)nc(C2CC2)n1. The van der Waals surface area contributed by atoms with Crippen molar-refractivity contribution in [1.29, 1.82) is 0 Å². The van der Waals surface area contributed by atoms with Crippen molar-refractivity contribution in [1.82, 2.24) is 9.97 Å². The molecule has 0 spiro atoms. The van der Waals surface area contributed by atoms with Gasteiger partial charge in [0.15, 0.2) is 0 Å². The molecule has 1 aromatic carbocycles. The van der Waals surface area contributed by atoms with Crippen LogP contribution < -0.4 is 5.32 Å². The maximum absolute atomic E-state index is 4.80. The van der Waals surface area contributed by atoms with Gasteiger partial charge in [0.2, 0.25) is 0 Å². The summed E-state index contributed by atoms with van der Waals surface area (Å²) in [5.41, 5.74) is 2.23. The van der Waals surface area contributed by atoms with Gasteiger partial charge in [-0.2, -0.15) is 0 Å². The van der Waals surface area contributed by atoms with Crippen LogP contribution in [0.25, 0.3) is 21.3 Å².